The maximum absolute atomic E-state index is 12.3. The number of piperazine rings is 1. The quantitative estimate of drug-likeness (QED) is 0.308. The van der Waals surface area contributed by atoms with E-state index in [2.05, 4.69) is 48.1 Å². The molecule has 6 heteroatoms. The molecule has 2 N–H and O–H groups in total. The molecule has 0 saturated carbocycles. The number of nitrogens with one attached hydrogen (secondary N) is 2. The zero-order valence-corrected chi connectivity index (χ0v) is 21.6. The summed E-state index contributed by atoms with van der Waals surface area (Å²) in [5.74, 6) is 0.863. The van der Waals surface area contributed by atoms with E-state index in [4.69, 9.17) is 0 Å². The van der Waals surface area contributed by atoms with Crippen molar-refractivity contribution in [3.63, 3.8) is 0 Å². The van der Waals surface area contributed by atoms with Gasteiger partial charge in [-0.05, 0) is 51.6 Å². The molecule has 0 aromatic carbocycles. The molecule has 0 aromatic heterocycles. The normalized spacial score (nSPS) is 17.1. The van der Waals surface area contributed by atoms with Crippen LogP contribution in [0.1, 0.15) is 91.9 Å². The Bertz CT molecular complexity index is 448. The summed E-state index contributed by atoms with van der Waals surface area (Å²) in [7, 11) is 0. The predicted molar refractivity (Wildman–Crippen MR) is 135 cm³/mol. The SMILES string of the molecule is CCCC[C@@H](CC)C(=O)NCCCN1CCN(CCCNC(=O)[C@H](CC)CCCC)CC1. The van der Waals surface area contributed by atoms with Gasteiger partial charge in [0.1, 0.15) is 0 Å². The number of carbonyl (C=O) groups excluding carboxylic acids is 2. The first-order chi connectivity index (χ1) is 15.5. The van der Waals surface area contributed by atoms with Crippen molar-refractivity contribution in [1.82, 2.24) is 20.4 Å². The largest absolute Gasteiger partial charge is 0.356 e. The van der Waals surface area contributed by atoms with E-state index in [1.165, 1.54) is 0 Å². The second kappa shape index (κ2) is 18.3. The minimum absolute atomic E-state index is 0.187. The summed E-state index contributed by atoms with van der Waals surface area (Å²) >= 11 is 0. The summed E-state index contributed by atoms with van der Waals surface area (Å²) in [6.45, 7) is 16.7. The lowest BCUT2D eigenvalue weighted by molar-refractivity contribution is -0.126. The van der Waals surface area contributed by atoms with Crippen molar-refractivity contribution in [2.24, 2.45) is 11.8 Å². The predicted octanol–water partition coefficient (Wildman–Crippen LogP) is 4.05. The molecule has 1 fully saturated rings. The molecule has 1 aliphatic rings. The van der Waals surface area contributed by atoms with Crippen LogP contribution in [0.4, 0.5) is 0 Å². The average molecular weight is 453 g/mol. The van der Waals surface area contributed by atoms with E-state index in [0.29, 0.717) is 0 Å². The lowest BCUT2D eigenvalue weighted by Crippen LogP contribution is -2.47. The van der Waals surface area contributed by atoms with Crippen molar-refractivity contribution in [3.8, 4) is 0 Å². The lowest BCUT2D eigenvalue weighted by Gasteiger charge is -2.34. The number of unbranched alkanes of at least 4 members (excludes halogenated alkanes) is 2. The zero-order chi connectivity index (χ0) is 23.6. The van der Waals surface area contributed by atoms with Crippen molar-refractivity contribution >= 4 is 11.8 Å². The van der Waals surface area contributed by atoms with Gasteiger partial charge < -0.3 is 20.4 Å². The molecule has 0 aliphatic carbocycles. The van der Waals surface area contributed by atoms with Gasteiger partial charge in [0.2, 0.25) is 11.8 Å². The zero-order valence-electron chi connectivity index (χ0n) is 21.6. The van der Waals surface area contributed by atoms with Gasteiger partial charge >= 0.3 is 0 Å². The molecule has 1 heterocycles. The van der Waals surface area contributed by atoms with Crippen LogP contribution >= 0.6 is 0 Å². The molecule has 6 nitrogen and oxygen atoms in total. The molecular formula is C26H52N4O2. The Labute approximate surface area is 198 Å². The maximum Gasteiger partial charge on any atom is 0.223 e. The lowest BCUT2D eigenvalue weighted by atomic mass is 9.98. The monoisotopic (exact) mass is 452 g/mol. The van der Waals surface area contributed by atoms with Crippen LogP contribution in [-0.4, -0.2) is 74.0 Å². The van der Waals surface area contributed by atoms with Crippen LogP contribution < -0.4 is 10.6 Å². The van der Waals surface area contributed by atoms with Gasteiger partial charge in [0.05, 0.1) is 0 Å². The third-order valence-corrected chi connectivity index (χ3v) is 6.91. The topological polar surface area (TPSA) is 64.7 Å². The first-order valence-corrected chi connectivity index (χ1v) is 13.6. The van der Waals surface area contributed by atoms with Crippen LogP contribution in [0.5, 0.6) is 0 Å². The summed E-state index contributed by atoms with van der Waals surface area (Å²) in [6, 6.07) is 0. The molecule has 0 radical (unpaired) electrons. The maximum atomic E-state index is 12.3. The van der Waals surface area contributed by atoms with Crippen molar-refractivity contribution in [2.75, 3.05) is 52.4 Å². The number of rotatable bonds is 18. The molecule has 0 spiro atoms. The Morgan fingerprint density at radius 2 is 1.03 bits per heavy atom. The van der Waals surface area contributed by atoms with Gasteiger partial charge in [-0.25, -0.2) is 0 Å². The Morgan fingerprint density at radius 1 is 0.656 bits per heavy atom. The first kappa shape index (κ1) is 28.9. The van der Waals surface area contributed by atoms with E-state index in [1.54, 1.807) is 0 Å². The Morgan fingerprint density at radius 3 is 1.34 bits per heavy atom. The van der Waals surface area contributed by atoms with Crippen molar-refractivity contribution < 1.29 is 9.59 Å². The third-order valence-electron chi connectivity index (χ3n) is 6.91. The fourth-order valence-electron chi connectivity index (χ4n) is 4.50. The fourth-order valence-corrected chi connectivity index (χ4v) is 4.50. The third kappa shape index (κ3) is 12.2. The van der Waals surface area contributed by atoms with Crippen molar-refractivity contribution in [1.29, 1.82) is 0 Å². The standard InChI is InChI=1S/C26H52N4O2/c1-5-9-13-23(7-3)25(31)27-15-11-17-29-19-21-30(22-20-29)18-12-16-28-26(32)24(8-4)14-10-6-2/h23-24H,5-22H2,1-4H3,(H,27,31)(H,28,32)/t23-,24-/m1/s1. The molecule has 2 amide bonds. The average Bonchev–Trinajstić information content (AvgIpc) is 2.81. The van der Waals surface area contributed by atoms with Gasteiger partial charge in [-0.3, -0.25) is 9.59 Å². The summed E-state index contributed by atoms with van der Waals surface area (Å²) in [6.07, 6.45) is 10.6. The Kier molecular flexibility index (Phi) is 16.5. The molecule has 188 valence electrons. The minimum atomic E-state index is 0.187. The summed E-state index contributed by atoms with van der Waals surface area (Å²) in [4.78, 5) is 29.6. The number of nitrogens with zero attached hydrogens (tertiary/aromatic N) is 2. The van der Waals surface area contributed by atoms with Gasteiger partial charge in [-0.15, -0.1) is 0 Å². The van der Waals surface area contributed by atoms with Crippen LogP contribution in [0, 0.1) is 11.8 Å². The number of carbonyl (C=O) groups is 2. The van der Waals surface area contributed by atoms with E-state index in [9.17, 15) is 9.59 Å². The number of amides is 2. The van der Waals surface area contributed by atoms with Crippen LogP contribution in [0.2, 0.25) is 0 Å². The highest BCUT2D eigenvalue weighted by Crippen LogP contribution is 2.13. The highest BCUT2D eigenvalue weighted by atomic mass is 16.2. The smallest absolute Gasteiger partial charge is 0.223 e. The minimum Gasteiger partial charge on any atom is -0.356 e. The molecule has 32 heavy (non-hydrogen) atoms. The van der Waals surface area contributed by atoms with Crippen LogP contribution in [0.3, 0.4) is 0 Å². The van der Waals surface area contributed by atoms with Gasteiger partial charge in [0, 0.05) is 51.1 Å². The highest BCUT2D eigenvalue weighted by molar-refractivity contribution is 5.78. The highest BCUT2D eigenvalue weighted by Gasteiger charge is 2.18. The van der Waals surface area contributed by atoms with Crippen molar-refractivity contribution in [2.45, 2.75) is 91.9 Å². The second-order valence-electron chi connectivity index (χ2n) is 9.47. The summed E-state index contributed by atoms with van der Waals surface area (Å²) in [5, 5.41) is 6.29. The van der Waals surface area contributed by atoms with Gasteiger partial charge in [-0.2, -0.15) is 0 Å². The molecule has 0 bridgehead atoms. The van der Waals surface area contributed by atoms with Crippen LogP contribution in [0.15, 0.2) is 0 Å². The summed E-state index contributed by atoms with van der Waals surface area (Å²) in [5.41, 5.74) is 0. The van der Waals surface area contributed by atoms with E-state index in [1.807, 2.05) is 0 Å². The van der Waals surface area contributed by atoms with E-state index in [-0.39, 0.29) is 23.7 Å². The Hall–Kier alpha value is -1.14. The fraction of sp³-hybridized carbons (Fsp3) is 0.923. The van der Waals surface area contributed by atoms with Crippen LogP contribution in [-0.2, 0) is 9.59 Å². The molecule has 0 aromatic rings. The second-order valence-corrected chi connectivity index (χ2v) is 9.47. The molecular weight excluding hydrogens is 400 g/mol. The molecule has 1 rings (SSSR count). The summed E-state index contributed by atoms with van der Waals surface area (Å²) < 4.78 is 0. The molecule has 1 aliphatic heterocycles. The van der Waals surface area contributed by atoms with E-state index < -0.39 is 0 Å². The molecule has 1 saturated heterocycles. The first-order valence-electron chi connectivity index (χ1n) is 13.6. The van der Waals surface area contributed by atoms with Crippen molar-refractivity contribution in [3.05, 3.63) is 0 Å². The van der Waals surface area contributed by atoms with Gasteiger partial charge in [-0.1, -0.05) is 53.4 Å². The van der Waals surface area contributed by atoms with Crippen LogP contribution in [0.25, 0.3) is 0 Å². The van der Waals surface area contributed by atoms with E-state index in [0.717, 1.165) is 117 Å². The van der Waals surface area contributed by atoms with E-state index >= 15 is 0 Å². The van der Waals surface area contributed by atoms with Gasteiger partial charge in [0.15, 0.2) is 0 Å². The molecule has 2 atom stereocenters. The number of hydrogen-bond acceptors (Lipinski definition) is 4. The molecule has 0 unspecified atom stereocenters. The Balaban J connectivity index is 2.09. The van der Waals surface area contributed by atoms with Gasteiger partial charge in [0.25, 0.3) is 0 Å². The number of hydrogen-bond donors (Lipinski definition) is 2.